The summed E-state index contributed by atoms with van der Waals surface area (Å²) in [6, 6.07) is 7.22. The highest BCUT2D eigenvalue weighted by molar-refractivity contribution is 5.65. The number of benzene rings is 1. The van der Waals surface area contributed by atoms with E-state index in [-0.39, 0.29) is 0 Å². The number of nitrogens with one attached hydrogen (secondary N) is 1. The van der Waals surface area contributed by atoms with Gasteiger partial charge in [0.25, 0.3) is 0 Å². The van der Waals surface area contributed by atoms with Gasteiger partial charge in [0.05, 0.1) is 0 Å². The topological polar surface area (TPSA) is 12.0 Å². The van der Waals surface area contributed by atoms with Crippen molar-refractivity contribution in [2.24, 2.45) is 34.5 Å². The Morgan fingerprint density at radius 1 is 0.944 bits per heavy atom. The van der Waals surface area contributed by atoms with Crippen molar-refractivity contribution in [1.29, 1.82) is 0 Å². The van der Waals surface area contributed by atoms with E-state index in [0.717, 1.165) is 23.7 Å². The van der Waals surface area contributed by atoms with Gasteiger partial charge in [0, 0.05) is 0 Å². The van der Waals surface area contributed by atoms with Crippen molar-refractivity contribution in [3.05, 3.63) is 59.2 Å². The van der Waals surface area contributed by atoms with Gasteiger partial charge in [-0.15, -0.1) is 0 Å². The molecule has 1 N–H and O–H groups in total. The summed E-state index contributed by atoms with van der Waals surface area (Å²) in [5.41, 5.74) is 6.91. The SMILES string of the molecule is C=Cc1cc(C2CCC3(C)C4CCC5CCCCC5=CC4CCC23C)ccc1/C=C\C.CC1CNC1. The Balaban J connectivity index is 0.000000477. The van der Waals surface area contributed by atoms with E-state index in [9.17, 15) is 0 Å². The third-order valence-corrected chi connectivity index (χ3v) is 11.5. The van der Waals surface area contributed by atoms with Crippen LogP contribution in [-0.2, 0) is 0 Å². The third kappa shape index (κ3) is 4.59. The van der Waals surface area contributed by atoms with Crippen molar-refractivity contribution >= 4 is 12.2 Å². The average molecular weight is 486 g/mol. The van der Waals surface area contributed by atoms with Gasteiger partial charge in [0.2, 0.25) is 0 Å². The first-order valence-electron chi connectivity index (χ1n) is 15.2. The van der Waals surface area contributed by atoms with Crippen molar-refractivity contribution in [3.63, 3.8) is 0 Å². The molecule has 0 aromatic heterocycles. The van der Waals surface area contributed by atoms with Crippen molar-refractivity contribution in [1.82, 2.24) is 5.32 Å². The lowest BCUT2D eigenvalue weighted by Crippen LogP contribution is -2.48. The maximum Gasteiger partial charge on any atom is -0.00109 e. The van der Waals surface area contributed by atoms with E-state index in [2.05, 4.69) is 76.0 Å². The Bertz CT molecular complexity index is 996. The minimum atomic E-state index is 0.419. The molecule has 6 atom stereocenters. The summed E-state index contributed by atoms with van der Waals surface area (Å²) >= 11 is 0. The van der Waals surface area contributed by atoms with Gasteiger partial charge in [0.1, 0.15) is 0 Å². The van der Waals surface area contributed by atoms with E-state index in [1.807, 2.05) is 11.6 Å². The molecule has 3 saturated carbocycles. The predicted molar refractivity (Wildman–Crippen MR) is 157 cm³/mol. The van der Waals surface area contributed by atoms with Crippen LogP contribution in [0.5, 0.6) is 0 Å². The highest BCUT2D eigenvalue weighted by atomic mass is 14.9. The molecule has 1 aromatic rings. The number of hydrogen-bond donors (Lipinski definition) is 1. The van der Waals surface area contributed by atoms with E-state index in [4.69, 9.17) is 0 Å². The highest BCUT2D eigenvalue weighted by Crippen LogP contribution is 2.70. The molecule has 0 spiro atoms. The molecule has 0 bridgehead atoms. The summed E-state index contributed by atoms with van der Waals surface area (Å²) in [6.07, 6.45) is 23.5. The predicted octanol–water partition coefficient (Wildman–Crippen LogP) is 9.42. The molecule has 1 aromatic carbocycles. The van der Waals surface area contributed by atoms with Crippen LogP contribution in [0.3, 0.4) is 0 Å². The smallest absolute Gasteiger partial charge is 0.00109 e. The molecular formula is C35H51N. The normalized spacial score (nSPS) is 37.9. The second kappa shape index (κ2) is 10.6. The molecule has 1 heteroatoms. The second-order valence-electron chi connectivity index (χ2n) is 13.4. The third-order valence-electron chi connectivity index (χ3n) is 11.5. The van der Waals surface area contributed by atoms with Crippen molar-refractivity contribution in [2.45, 2.75) is 97.8 Å². The van der Waals surface area contributed by atoms with Gasteiger partial charge in [-0.2, -0.15) is 0 Å². The first kappa shape index (κ1) is 26.0. The molecule has 4 fully saturated rings. The van der Waals surface area contributed by atoms with Crippen molar-refractivity contribution < 1.29 is 0 Å². The molecule has 5 aliphatic rings. The zero-order valence-electron chi connectivity index (χ0n) is 23.6. The lowest BCUT2D eigenvalue weighted by molar-refractivity contribution is -0.0453. The van der Waals surface area contributed by atoms with Gasteiger partial charge in [-0.3, -0.25) is 0 Å². The van der Waals surface area contributed by atoms with Crippen LogP contribution in [0.2, 0.25) is 0 Å². The lowest BCUT2D eigenvalue weighted by Gasteiger charge is -2.56. The molecule has 6 rings (SSSR count). The van der Waals surface area contributed by atoms with Crippen LogP contribution < -0.4 is 5.32 Å². The van der Waals surface area contributed by atoms with E-state index in [0.29, 0.717) is 16.7 Å². The van der Waals surface area contributed by atoms with Gasteiger partial charge in [-0.05, 0) is 135 Å². The summed E-state index contributed by atoms with van der Waals surface area (Å²) in [4.78, 5) is 0. The molecule has 196 valence electrons. The van der Waals surface area contributed by atoms with Gasteiger partial charge in [-0.1, -0.05) is 81.8 Å². The molecule has 1 heterocycles. The number of hydrogen-bond acceptors (Lipinski definition) is 1. The number of rotatable bonds is 3. The highest BCUT2D eigenvalue weighted by Gasteiger charge is 2.61. The van der Waals surface area contributed by atoms with E-state index in [1.54, 1.807) is 5.56 Å². The first-order valence-corrected chi connectivity index (χ1v) is 15.2. The van der Waals surface area contributed by atoms with Crippen LogP contribution in [0, 0.1) is 34.5 Å². The Morgan fingerprint density at radius 3 is 2.42 bits per heavy atom. The largest absolute Gasteiger partial charge is 0.316 e. The average Bonchev–Trinajstić information content (AvgIpc) is 3.01. The maximum absolute atomic E-state index is 4.11. The van der Waals surface area contributed by atoms with Crippen LogP contribution in [-0.4, -0.2) is 13.1 Å². The molecular weight excluding hydrogens is 434 g/mol. The Hall–Kier alpha value is -1.60. The lowest BCUT2D eigenvalue weighted by atomic mass is 9.49. The molecule has 1 aliphatic heterocycles. The zero-order chi connectivity index (χ0) is 25.3. The first-order chi connectivity index (χ1) is 17.4. The molecule has 0 amide bonds. The summed E-state index contributed by atoms with van der Waals surface area (Å²) in [6.45, 7) is 16.3. The van der Waals surface area contributed by atoms with Crippen LogP contribution >= 0.6 is 0 Å². The summed E-state index contributed by atoms with van der Waals surface area (Å²) < 4.78 is 0. The van der Waals surface area contributed by atoms with Crippen molar-refractivity contribution in [3.8, 4) is 0 Å². The monoisotopic (exact) mass is 485 g/mol. The zero-order valence-corrected chi connectivity index (χ0v) is 23.6. The van der Waals surface area contributed by atoms with Crippen LogP contribution in [0.25, 0.3) is 12.2 Å². The Morgan fingerprint density at radius 2 is 1.72 bits per heavy atom. The number of fused-ring (bicyclic) bond motifs is 4. The van der Waals surface area contributed by atoms with Gasteiger partial charge >= 0.3 is 0 Å². The van der Waals surface area contributed by atoms with Crippen molar-refractivity contribution in [2.75, 3.05) is 13.1 Å². The fraction of sp³-hybridized carbons (Fsp3) is 0.657. The maximum atomic E-state index is 4.11. The van der Waals surface area contributed by atoms with Crippen LogP contribution in [0.15, 0.2) is 42.5 Å². The molecule has 36 heavy (non-hydrogen) atoms. The molecule has 4 aliphatic carbocycles. The second-order valence-corrected chi connectivity index (χ2v) is 13.4. The molecule has 1 saturated heterocycles. The van der Waals surface area contributed by atoms with E-state index < -0.39 is 0 Å². The molecule has 1 nitrogen and oxygen atoms in total. The van der Waals surface area contributed by atoms with Gasteiger partial charge < -0.3 is 5.32 Å². The minimum Gasteiger partial charge on any atom is -0.316 e. The molecule has 6 unspecified atom stereocenters. The van der Waals surface area contributed by atoms with Gasteiger partial charge in [0.15, 0.2) is 0 Å². The quantitative estimate of drug-likeness (QED) is 0.420. The summed E-state index contributed by atoms with van der Waals surface area (Å²) in [5, 5.41) is 3.16. The Labute approximate surface area is 221 Å². The fourth-order valence-electron chi connectivity index (χ4n) is 8.99. The number of allylic oxidation sites excluding steroid dienone is 3. The molecule has 0 radical (unpaired) electrons. The van der Waals surface area contributed by atoms with Gasteiger partial charge in [-0.25, -0.2) is 0 Å². The van der Waals surface area contributed by atoms with Crippen LogP contribution in [0.1, 0.15) is 115 Å². The van der Waals surface area contributed by atoms with E-state index in [1.165, 1.54) is 88.4 Å². The van der Waals surface area contributed by atoms with E-state index >= 15 is 0 Å². The fourth-order valence-corrected chi connectivity index (χ4v) is 8.99. The Kier molecular flexibility index (Phi) is 7.69. The minimum absolute atomic E-state index is 0.419. The van der Waals surface area contributed by atoms with Crippen LogP contribution in [0.4, 0.5) is 0 Å². The standard InChI is InChI=1S/C31H42.C4H9N/c1-5-9-23-12-13-26(20-22(23)6-2)29-17-19-31(4)28-15-14-24-10-7-8-11-25(24)21-27(28)16-18-30(29,31)3;1-4-2-5-3-4/h5-6,9,12-13,20-21,24,27-29H,2,7-8,10-11,14-19H2,1,3-4H3;4-5H,2-3H2,1H3/b9-5-;. The summed E-state index contributed by atoms with van der Waals surface area (Å²) in [5.74, 6) is 4.29. The summed E-state index contributed by atoms with van der Waals surface area (Å²) in [7, 11) is 0.